The van der Waals surface area contributed by atoms with E-state index in [-0.39, 0.29) is 0 Å². The molecule has 0 bridgehead atoms. The molecule has 1 fully saturated rings. The fraction of sp³-hybridized carbons (Fsp3) is 0.615. The molecular weight excluding hydrogens is 226 g/mol. The number of aromatic nitrogens is 1. The first-order valence-corrected chi connectivity index (χ1v) is 6.72. The van der Waals surface area contributed by atoms with Crippen LogP contribution in [0.3, 0.4) is 0 Å². The molecule has 1 radical (unpaired) electrons. The maximum absolute atomic E-state index is 4.68. The first-order valence-electron chi connectivity index (χ1n) is 6.72. The monoisotopic (exact) mass is 248 g/mol. The standard InChI is InChI=1S/C13H22N5/c1-3-18(4-2)16-12-6-5-7-15-13(12)17-10-8-14-9-11-17/h5-7,14H,3-4,8-11H2,1-2H3. The SMILES string of the molecule is CCN(CC)[N]c1cccnc1N1CCNCC1. The van der Waals surface area contributed by atoms with E-state index < -0.39 is 0 Å². The molecule has 5 heteroatoms. The molecule has 0 spiro atoms. The summed E-state index contributed by atoms with van der Waals surface area (Å²) in [5.41, 5.74) is 5.65. The Hall–Kier alpha value is -1.33. The number of pyridine rings is 1. The molecule has 0 amide bonds. The minimum atomic E-state index is 0.923. The van der Waals surface area contributed by atoms with Gasteiger partial charge in [0.2, 0.25) is 0 Å². The number of piperazine rings is 1. The Bertz CT molecular complexity index is 358. The van der Waals surface area contributed by atoms with Crippen LogP contribution >= 0.6 is 0 Å². The van der Waals surface area contributed by atoms with Crippen molar-refractivity contribution < 1.29 is 0 Å². The molecule has 99 valence electrons. The lowest BCUT2D eigenvalue weighted by Gasteiger charge is -2.30. The Balaban J connectivity index is 2.13. The predicted molar refractivity (Wildman–Crippen MR) is 74.0 cm³/mol. The van der Waals surface area contributed by atoms with E-state index in [4.69, 9.17) is 0 Å². The van der Waals surface area contributed by atoms with E-state index in [0.717, 1.165) is 50.8 Å². The Labute approximate surface area is 109 Å². The largest absolute Gasteiger partial charge is 0.352 e. The summed E-state index contributed by atoms with van der Waals surface area (Å²) < 4.78 is 0. The van der Waals surface area contributed by atoms with E-state index in [1.807, 2.05) is 18.3 Å². The van der Waals surface area contributed by atoms with Gasteiger partial charge < -0.3 is 10.2 Å². The second kappa shape index (κ2) is 6.56. The van der Waals surface area contributed by atoms with Crippen LogP contribution in [0.25, 0.3) is 0 Å². The van der Waals surface area contributed by atoms with Crippen LogP contribution in [0.5, 0.6) is 0 Å². The van der Waals surface area contributed by atoms with Gasteiger partial charge in [0.1, 0.15) is 5.69 Å². The number of nitrogens with zero attached hydrogens (tertiary/aromatic N) is 4. The average molecular weight is 248 g/mol. The Kier molecular flexibility index (Phi) is 4.78. The van der Waals surface area contributed by atoms with Crippen LogP contribution in [-0.2, 0) is 0 Å². The maximum atomic E-state index is 4.68. The van der Waals surface area contributed by atoms with Gasteiger partial charge in [0, 0.05) is 45.5 Å². The Morgan fingerprint density at radius 1 is 1.33 bits per heavy atom. The molecule has 2 heterocycles. The number of hydrogen-bond donors (Lipinski definition) is 1. The number of hydrogen-bond acceptors (Lipinski definition) is 4. The Morgan fingerprint density at radius 2 is 2.06 bits per heavy atom. The van der Waals surface area contributed by atoms with Crippen LogP contribution in [0.4, 0.5) is 11.5 Å². The summed E-state index contributed by atoms with van der Waals surface area (Å²) in [6, 6.07) is 4.00. The summed E-state index contributed by atoms with van der Waals surface area (Å²) in [7, 11) is 0. The molecule has 18 heavy (non-hydrogen) atoms. The van der Waals surface area contributed by atoms with Gasteiger partial charge in [-0.1, -0.05) is 13.8 Å². The first-order chi connectivity index (χ1) is 8.85. The summed E-state index contributed by atoms with van der Waals surface area (Å²) in [6.45, 7) is 10.1. The van der Waals surface area contributed by atoms with Crippen LogP contribution in [0.1, 0.15) is 13.8 Å². The lowest BCUT2D eigenvalue weighted by atomic mass is 10.3. The normalized spacial score (nSPS) is 16.1. The third kappa shape index (κ3) is 3.11. The van der Waals surface area contributed by atoms with E-state index in [9.17, 15) is 0 Å². The average Bonchev–Trinajstić information content (AvgIpc) is 2.46. The summed E-state index contributed by atoms with van der Waals surface area (Å²) in [6.07, 6.45) is 1.85. The highest BCUT2D eigenvalue weighted by molar-refractivity contribution is 5.60. The second-order valence-electron chi connectivity index (χ2n) is 4.32. The summed E-state index contributed by atoms with van der Waals surface area (Å²) in [5, 5.41) is 5.41. The van der Waals surface area contributed by atoms with Crippen molar-refractivity contribution in [2.24, 2.45) is 0 Å². The number of rotatable bonds is 5. The van der Waals surface area contributed by atoms with E-state index in [1.165, 1.54) is 0 Å². The first kappa shape index (κ1) is 13.1. The topological polar surface area (TPSA) is 45.5 Å². The van der Waals surface area contributed by atoms with Crippen molar-refractivity contribution in [3.63, 3.8) is 0 Å². The zero-order chi connectivity index (χ0) is 12.8. The molecular formula is C13H22N5. The van der Waals surface area contributed by atoms with Crippen LogP contribution < -0.4 is 15.6 Å². The highest BCUT2D eigenvalue weighted by Crippen LogP contribution is 2.23. The van der Waals surface area contributed by atoms with Gasteiger partial charge in [-0.25, -0.2) is 9.99 Å². The van der Waals surface area contributed by atoms with Crippen molar-refractivity contribution in [2.45, 2.75) is 13.8 Å². The third-order valence-corrected chi connectivity index (χ3v) is 3.16. The highest BCUT2D eigenvalue weighted by Gasteiger charge is 2.16. The van der Waals surface area contributed by atoms with Crippen molar-refractivity contribution in [3.05, 3.63) is 18.3 Å². The molecule has 1 aromatic heterocycles. The molecule has 5 nitrogen and oxygen atoms in total. The molecule has 1 aliphatic rings. The highest BCUT2D eigenvalue weighted by atomic mass is 15.5. The van der Waals surface area contributed by atoms with Crippen LogP contribution in [-0.4, -0.2) is 49.3 Å². The fourth-order valence-electron chi connectivity index (χ4n) is 2.10. The molecule has 0 saturated carbocycles. The van der Waals surface area contributed by atoms with Crippen LogP contribution in [0.2, 0.25) is 0 Å². The minimum Gasteiger partial charge on any atom is -0.352 e. The zero-order valence-electron chi connectivity index (χ0n) is 11.3. The molecule has 1 saturated heterocycles. The molecule has 1 N–H and O–H groups in total. The van der Waals surface area contributed by atoms with Crippen molar-refractivity contribution in [3.8, 4) is 0 Å². The molecule has 2 rings (SSSR count). The van der Waals surface area contributed by atoms with Gasteiger partial charge >= 0.3 is 0 Å². The van der Waals surface area contributed by atoms with Crippen LogP contribution in [0.15, 0.2) is 18.3 Å². The number of nitrogens with one attached hydrogen (secondary N) is 1. The van der Waals surface area contributed by atoms with E-state index in [0.29, 0.717) is 0 Å². The zero-order valence-corrected chi connectivity index (χ0v) is 11.3. The molecule has 1 aliphatic heterocycles. The van der Waals surface area contributed by atoms with Gasteiger partial charge in [-0.3, -0.25) is 0 Å². The maximum Gasteiger partial charge on any atom is 0.155 e. The minimum absolute atomic E-state index is 0.923. The van der Waals surface area contributed by atoms with Gasteiger partial charge in [-0.2, -0.15) is 5.43 Å². The summed E-state index contributed by atoms with van der Waals surface area (Å²) >= 11 is 0. The summed E-state index contributed by atoms with van der Waals surface area (Å²) in [5.74, 6) is 1.01. The fourth-order valence-corrected chi connectivity index (χ4v) is 2.10. The van der Waals surface area contributed by atoms with Gasteiger partial charge in [0.25, 0.3) is 0 Å². The van der Waals surface area contributed by atoms with E-state index in [2.05, 4.69) is 39.5 Å². The van der Waals surface area contributed by atoms with E-state index >= 15 is 0 Å². The smallest absolute Gasteiger partial charge is 0.155 e. The van der Waals surface area contributed by atoms with Gasteiger partial charge in [0.05, 0.1) is 0 Å². The van der Waals surface area contributed by atoms with E-state index in [1.54, 1.807) is 0 Å². The van der Waals surface area contributed by atoms with Crippen LogP contribution in [0, 0.1) is 0 Å². The van der Waals surface area contributed by atoms with Gasteiger partial charge in [0.15, 0.2) is 5.82 Å². The lowest BCUT2D eigenvalue weighted by molar-refractivity contribution is 0.244. The molecule has 0 unspecified atom stereocenters. The van der Waals surface area contributed by atoms with Crippen molar-refractivity contribution in [1.29, 1.82) is 0 Å². The molecule has 0 aromatic carbocycles. The van der Waals surface area contributed by atoms with Gasteiger partial charge in [-0.05, 0) is 12.1 Å². The molecule has 0 aliphatic carbocycles. The molecule has 1 aromatic rings. The Morgan fingerprint density at radius 3 is 2.72 bits per heavy atom. The number of anilines is 1. The van der Waals surface area contributed by atoms with Crippen molar-refractivity contribution in [2.75, 3.05) is 44.2 Å². The predicted octanol–water partition coefficient (Wildman–Crippen LogP) is 0.984. The lowest BCUT2D eigenvalue weighted by Crippen LogP contribution is -2.44. The molecule has 0 atom stereocenters. The van der Waals surface area contributed by atoms with Gasteiger partial charge in [-0.15, -0.1) is 0 Å². The quantitative estimate of drug-likeness (QED) is 0.789. The second-order valence-corrected chi connectivity index (χ2v) is 4.32. The third-order valence-electron chi connectivity index (χ3n) is 3.16. The van der Waals surface area contributed by atoms with Crippen molar-refractivity contribution >= 4 is 11.5 Å². The van der Waals surface area contributed by atoms with Crippen molar-refractivity contribution in [1.82, 2.24) is 20.7 Å². The summed E-state index contributed by atoms with van der Waals surface area (Å²) in [4.78, 5) is 6.81.